The summed E-state index contributed by atoms with van der Waals surface area (Å²) in [6.45, 7) is 10.9. The molecule has 1 aliphatic rings. The molecule has 1 aromatic carbocycles. The van der Waals surface area contributed by atoms with Gasteiger partial charge in [-0.15, -0.1) is 0 Å². The predicted molar refractivity (Wildman–Crippen MR) is 113 cm³/mol. The fourth-order valence-electron chi connectivity index (χ4n) is 4.92. The zero-order valence-electron chi connectivity index (χ0n) is 18.3. The molecule has 0 spiro atoms. The lowest BCUT2D eigenvalue weighted by Crippen LogP contribution is -2.66. The number of rotatable bonds is 6. The Labute approximate surface area is 172 Å². The summed E-state index contributed by atoms with van der Waals surface area (Å²) in [5, 5.41) is 10.3. The van der Waals surface area contributed by atoms with Gasteiger partial charge in [-0.3, -0.25) is 0 Å². The van der Waals surface area contributed by atoms with E-state index in [4.69, 9.17) is 0 Å². The highest BCUT2D eigenvalue weighted by atomic mass is 16.4. The van der Waals surface area contributed by atoms with Gasteiger partial charge in [0.25, 0.3) is 0 Å². The van der Waals surface area contributed by atoms with E-state index in [1.807, 2.05) is 70.5 Å². The van der Waals surface area contributed by atoms with E-state index >= 15 is 0 Å². The number of carbonyl (C=O) groups excluding carboxylic acids is 1. The Hall–Kier alpha value is -2.57. The fraction of sp³-hybridized carbons (Fsp3) is 0.591. The van der Waals surface area contributed by atoms with Crippen LogP contribution in [0.25, 0.3) is 11.0 Å². The highest BCUT2D eigenvalue weighted by Gasteiger charge is 2.59. The van der Waals surface area contributed by atoms with Gasteiger partial charge in [-0.25, -0.2) is 14.6 Å². The molecule has 0 saturated carbocycles. The number of benzene rings is 1. The minimum Gasteiger partial charge on any atom is -0.479 e. The van der Waals surface area contributed by atoms with Crippen molar-refractivity contribution >= 4 is 23.0 Å². The highest BCUT2D eigenvalue weighted by Crippen LogP contribution is 2.45. The van der Waals surface area contributed by atoms with Gasteiger partial charge in [0.2, 0.25) is 0 Å². The van der Waals surface area contributed by atoms with E-state index in [-0.39, 0.29) is 11.9 Å². The number of fused-ring (bicyclic) bond motifs is 1. The molecule has 29 heavy (non-hydrogen) atoms. The van der Waals surface area contributed by atoms with Crippen LogP contribution >= 0.6 is 0 Å². The topological polar surface area (TPSA) is 78.7 Å². The number of carboxylic acid groups (broad SMARTS) is 1. The Kier molecular flexibility index (Phi) is 5.36. The standard InChI is InChI=1S/C22H32N4O3/c1-7-15(2)22(19(27)28,21(3,4)5)26-13-12-25(20(26)29)14-18-23-16-10-8-9-11-17(16)24(18)6/h8-11,15H,7,12-14H2,1-6H3,(H,27,28)/t15-,22+/m0/s1. The number of aromatic nitrogens is 2. The monoisotopic (exact) mass is 400 g/mol. The Morgan fingerprint density at radius 1 is 1.24 bits per heavy atom. The fourth-order valence-corrected chi connectivity index (χ4v) is 4.92. The molecule has 2 heterocycles. The van der Waals surface area contributed by atoms with E-state index in [9.17, 15) is 14.7 Å². The molecule has 1 fully saturated rings. The first-order valence-corrected chi connectivity index (χ1v) is 10.3. The maximum Gasteiger partial charge on any atom is 0.330 e. The number of aryl methyl sites for hydroxylation is 1. The molecule has 2 atom stereocenters. The molecule has 2 amide bonds. The minimum atomic E-state index is -1.26. The summed E-state index contributed by atoms with van der Waals surface area (Å²) in [6.07, 6.45) is 0.679. The lowest BCUT2D eigenvalue weighted by Gasteiger charge is -2.50. The molecule has 0 unspecified atom stereocenters. The van der Waals surface area contributed by atoms with Crippen LogP contribution in [0, 0.1) is 11.3 Å². The zero-order chi connectivity index (χ0) is 21.6. The van der Waals surface area contributed by atoms with E-state index < -0.39 is 16.9 Å². The average Bonchev–Trinajstić information content (AvgIpc) is 3.16. The largest absolute Gasteiger partial charge is 0.479 e. The van der Waals surface area contributed by atoms with Crippen molar-refractivity contribution in [1.82, 2.24) is 19.4 Å². The van der Waals surface area contributed by atoms with Crippen molar-refractivity contribution in [3.63, 3.8) is 0 Å². The molecule has 0 bridgehead atoms. The summed E-state index contributed by atoms with van der Waals surface area (Å²) < 4.78 is 1.99. The van der Waals surface area contributed by atoms with Crippen LogP contribution in [0.5, 0.6) is 0 Å². The van der Waals surface area contributed by atoms with Crippen LogP contribution in [0.1, 0.15) is 46.9 Å². The third-order valence-corrected chi connectivity index (χ3v) is 6.53. The Bertz CT molecular complexity index is 930. The second-order valence-corrected chi connectivity index (χ2v) is 9.06. The molecule has 158 valence electrons. The summed E-state index contributed by atoms with van der Waals surface area (Å²) in [5.74, 6) is -0.321. The number of aliphatic carboxylic acids is 1. The molecule has 3 rings (SSSR count). The van der Waals surface area contributed by atoms with Crippen LogP contribution in [0.15, 0.2) is 24.3 Å². The zero-order valence-corrected chi connectivity index (χ0v) is 18.3. The summed E-state index contributed by atoms with van der Waals surface area (Å²) in [7, 11) is 1.94. The third kappa shape index (κ3) is 3.16. The van der Waals surface area contributed by atoms with E-state index in [2.05, 4.69) is 4.98 Å². The van der Waals surface area contributed by atoms with Gasteiger partial charge in [0.05, 0.1) is 17.6 Å². The van der Waals surface area contributed by atoms with Crippen LogP contribution in [-0.4, -0.2) is 55.1 Å². The number of nitrogens with zero attached hydrogens (tertiary/aromatic N) is 4. The summed E-state index contributed by atoms with van der Waals surface area (Å²) in [4.78, 5) is 34.0. The summed E-state index contributed by atoms with van der Waals surface area (Å²) >= 11 is 0. The predicted octanol–water partition coefficient (Wildman–Crippen LogP) is 3.73. The van der Waals surface area contributed by atoms with Crippen LogP contribution in [0.2, 0.25) is 0 Å². The molecular formula is C22H32N4O3. The van der Waals surface area contributed by atoms with Crippen LogP contribution in [0.4, 0.5) is 4.79 Å². The molecule has 1 N–H and O–H groups in total. The van der Waals surface area contributed by atoms with Gasteiger partial charge in [-0.05, 0) is 23.5 Å². The van der Waals surface area contributed by atoms with Crippen molar-refractivity contribution in [1.29, 1.82) is 0 Å². The van der Waals surface area contributed by atoms with E-state index in [0.717, 1.165) is 16.9 Å². The highest BCUT2D eigenvalue weighted by molar-refractivity contribution is 5.88. The van der Waals surface area contributed by atoms with Gasteiger partial charge in [-0.1, -0.05) is 53.2 Å². The van der Waals surface area contributed by atoms with Crippen molar-refractivity contribution in [3.8, 4) is 0 Å². The van der Waals surface area contributed by atoms with E-state index in [0.29, 0.717) is 26.1 Å². The van der Waals surface area contributed by atoms with Crippen LogP contribution < -0.4 is 0 Å². The number of amides is 2. The molecule has 1 saturated heterocycles. The number of urea groups is 1. The Morgan fingerprint density at radius 2 is 1.90 bits per heavy atom. The number of imidazole rings is 1. The molecule has 0 radical (unpaired) electrons. The van der Waals surface area contributed by atoms with Crippen molar-refractivity contribution < 1.29 is 14.7 Å². The van der Waals surface area contributed by atoms with Crippen molar-refractivity contribution in [3.05, 3.63) is 30.1 Å². The first kappa shape index (κ1) is 21.1. The smallest absolute Gasteiger partial charge is 0.330 e. The number of carbonyl (C=O) groups is 2. The SMILES string of the molecule is CC[C@H](C)[C@](C(=O)O)(N1CCN(Cc2nc3ccccc3n2C)C1=O)C(C)(C)C. The molecule has 7 heteroatoms. The number of para-hydroxylation sites is 2. The lowest BCUT2D eigenvalue weighted by atomic mass is 9.64. The van der Waals surface area contributed by atoms with Crippen LogP contribution in [-0.2, 0) is 18.4 Å². The second kappa shape index (κ2) is 7.35. The minimum absolute atomic E-state index is 0.181. The molecule has 2 aromatic rings. The van der Waals surface area contributed by atoms with Crippen molar-refractivity contribution in [2.45, 2.75) is 53.1 Å². The van der Waals surface area contributed by atoms with Gasteiger partial charge in [0.15, 0.2) is 0 Å². The number of hydrogen-bond acceptors (Lipinski definition) is 3. The maximum atomic E-state index is 13.4. The maximum absolute atomic E-state index is 13.4. The molecule has 0 aliphatic carbocycles. The number of hydrogen-bond donors (Lipinski definition) is 1. The van der Waals surface area contributed by atoms with Crippen molar-refractivity contribution in [2.75, 3.05) is 13.1 Å². The van der Waals surface area contributed by atoms with E-state index in [1.54, 1.807) is 9.80 Å². The molecular weight excluding hydrogens is 368 g/mol. The summed E-state index contributed by atoms with van der Waals surface area (Å²) in [6, 6.07) is 7.64. The molecule has 1 aliphatic heterocycles. The first-order valence-electron chi connectivity index (χ1n) is 10.3. The third-order valence-electron chi connectivity index (χ3n) is 6.53. The normalized spacial score (nSPS) is 18.3. The van der Waals surface area contributed by atoms with Crippen molar-refractivity contribution in [2.24, 2.45) is 18.4 Å². The van der Waals surface area contributed by atoms with Crippen LogP contribution in [0.3, 0.4) is 0 Å². The van der Waals surface area contributed by atoms with E-state index in [1.165, 1.54) is 0 Å². The Morgan fingerprint density at radius 3 is 2.45 bits per heavy atom. The second-order valence-electron chi connectivity index (χ2n) is 9.06. The van der Waals surface area contributed by atoms with Gasteiger partial charge >= 0.3 is 12.0 Å². The summed E-state index contributed by atoms with van der Waals surface area (Å²) in [5.41, 5.74) is 0.0282. The lowest BCUT2D eigenvalue weighted by molar-refractivity contribution is -0.162. The Balaban J connectivity index is 1.94. The molecule has 1 aromatic heterocycles. The van der Waals surface area contributed by atoms with Gasteiger partial charge in [-0.2, -0.15) is 0 Å². The first-order chi connectivity index (χ1) is 13.6. The number of carboxylic acids is 1. The molecule has 7 nitrogen and oxygen atoms in total. The quantitative estimate of drug-likeness (QED) is 0.801. The average molecular weight is 401 g/mol. The van der Waals surface area contributed by atoms with Gasteiger partial charge < -0.3 is 19.5 Å². The van der Waals surface area contributed by atoms with Gasteiger partial charge in [0, 0.05) is 20.1 Å². The van der Waals surface area contributed by atoms with Gasteiger partial charge in [0.1, 0.15) is 11.4 Å².